The van der Waals surface area contributed by atoms with Gasteiger partial charge in [0.1, 0.15) is 0 Å². The Labute approximate surface area is 98.7 Å². The lowest BCUT2D eigenvalue weighted by atomic mass is 10.3. The van der Waals surface area contributed by atoms with Crippen LogP contribution in [0.5, 0.6) is 0 Å². The van der Waals surface area contributed by atoms with Crippen molar-refractivity contribution in [2.75, 3.05) is 0 Å². The van der Waals surface area contributed by atoms with Gasteiger partial charge in [-0.1, -0.05) is 6.92 Å². The molecular weight excluding hydrogens is 218 g/mol. The van der Waals surface area contributed by atoms with Crippen LogP contribution in [0.25, 0.3) is 5.82 Å². The number of carboxylic acids is 1. The molecule has 17 heavy (non-hydrogen) atoms. The van der Waals surface area contributed by atoms with Crippen LogP contribution in [0.2, 0.25) is 0 Å². The largest absolute Gasteiger partial charge is 0.476 e. The van der Waals surface area contributed by atoms with Crippen LogP contribution in [-0.2, 0) is 6.42 Å². The van der Waals surface area contributed by atoms with Gasteiger partial charge >= 0.3 is 5.97 Å². The summed E-state index contributed by atoms with van der Waals surface area (Å²) in [4.78, 5) is 15.1. The quantitative estimate of drug-likeness (QED) is 0.875. The van der Waals surface area contributed by atoms with Crippen molar-refractivity contribution in [1.29, 1.82) is 0 Å². The van der Waals surface area contributed by atoms with Gasteiger partial charge in [-0.05, 0) is 37.1 Å². The first-order chi connectivity index (χ1) is 8.11. The van der Waals surface area contributed by atoms with Crippen molar-refractivity contribution in [2.45, 2.75) is 20.3 Å². The second kappa shape index (κ2) is 4.37. The van der Waals surface area contributed by atoms with Gasteiger partial charge in [0, 0.05) is 11.9 Å². The monoisotopic (exact) mass is 231 g/mol. The molecule has 2 aromatic rings. The Morgan fingerprint density at radius 2 is 2.24 bits per heavy atom. The highest BCUT2D eigenvalue weighted by molar-refractivity contribution is 5.85. The number of carbonyl (C=O) groups is 1. The zero-order valence-electron chi connectivity index (χ0n) is 9.71. The molecule has 0 atom stereocenters. The molecule has 88 valence electrons. The van der Waals surface area contributed by atoms with Crippen LogP contribution < -0.4 is 0 Å². The van der Waals surface area contributed by atoms with Gasteiger partial charge in [-0.15, -0.1) is 0 Å². The van der Waals surface area contributed by atoms with Crippen molar-refractivity contribution >= 4 is 5.97 Å². The smallest absolute Gasteiger partial charge is 0.356 e. The van der Waals surface area contributed by atoms with E-state index in [4.69, 9.17) is 5.11 Å². The number of pyridine rings is 1. The summed E-state index contributed by atoms with van der Waals surface area (Å²) in [6, 6.07) is 5.33. The van der Waals surface area contributed by atoms with Crippen molar-refractivity contribution in [3.8, 4) is 5.82 Å². The molecule has 2 aromatic heterocycles. The average molecular weight is 231 g/mol. The van der Waals surface area contributed by atoms with Gasteiger partial charge in [-0.2, -0.15) is 5.10 Å². The summed E-state index contributed by atoms with van der Waals surface area (Å²) < 4.78 is 1.58. The molecule has 5 heteroatoms. The van der Waals surface area contributed by atoms with Crippen molar-refractivity contribution in [3.05, 3.63) is 41.3 Å². The minimum absolute atomic E-state index is 0.0464. The van der Waals surface area contributed by atoms with Crippen LogP contribution in [0.4, 0.5) is 0 Å². The Hall–Kier alpha value is -2.17. The number of aryl methyl sites for hydroxylation is 2. The highest BCUT2D eigenvalue weighted by Crippen LogP contribution is 2.12. The molecule has 5 nitrogen and oxygen atoms in total. The summed E-state index contributed by atoms with van der Waals surface area (Å²) >= 11 is 0. The highest BCUT2D eigenvalue weighted by Gasteiger charge is 2.13. The van der Waals surface area contributed by atoms with E-state index in [1.165, 1.54) is 0 Å². The lowest BCUT2D eigenvalue weighted by Crippen LogP contribution is -2.05. The van der Waals surface area contributed by atoms with Crippen molar-refractivity contribution in [2.24, 2.45) is 0 Å². The first-order valence-electron chi connectivity index (χ1n) is 5.37. The second-order valence-corrected chi connectivity index (χ2v) is 3.78. The molecule has 0 radical (unpaired) electrons. The maximum absolute atomic E-state index is 10.9. The Bertz CT molecular complexity index is 561. The summed E-state index contributed by atoms with van der Waals surface area (Å²) in [6.07, 6.45) is 2.39. The second-order valence-electron chi connectivity index (χ2n) is 3.78. The molecule has 0 aliphatic rings. The number of hydrogen-bond donors (Lipinski definition) is 1. The average Bonchev–Trinajstić information content (AvgIpc) is 2.73. The summed E-state index contributed by atoms with van der Waals surface area (Å²) in [5.41, 5.74) is 1.94. The fraction of sp³-hybridized carbons (Fsp3) is 0.250. The number of carboxylic acid groups (broad SMARTS) is 1. The fourth-order valence-corrected chi connectivity index (χ4v) is 1.61. The van der Waals surface area contributed by atoms with E-state index < -0.39 is 5.97 Å². The summed E-state index contributed by atoms with van der Waals surface area (Å²) in [5.74, 6) is -0.375. The molecule has 2 heterocycles. The van der Waals surface area contributed by atoms with Crippen LogP contribution in [-0.4, -0.2) is 25.8 Å². The maximum Gasteiger partial charge on any atom is 0.356 e. The van der Waals surface area contributed by atoms with Crippen LogP contribution in [0.3, 0.4) is 0 Å². The number of nitrogens with zero attached hydrogens (tertiary/aromatic N) is 3. The topological polar surface area (TPSA) is 68.0 Å². The van der Waals surface area contributed by atoms with Crippen molar-refractivity contribution < 1.29 is 9.90 Å². The lowest BCUT2D eigenvalue weighted by molar-refractivity contribution is 0.0690. The normalized spacial score (nSPS) is 10.5. The van der Waals surface area contributed by atoms with E-state index >= 15 is 0 Å². The van der Waals surface area contributed by atoms with Crippen molar-refractivity contribution in [1.82, 2.24) is 14.8 Å². The van der Waals surface area contributed by atoms with Gasteiger partial charge in [-0.25, -0.2) is 14.5 Å². The summed E-state index contributed by atoms with van der Waals surface area (Å²) in [5, 5.41) is 13.0. The first-order valence-corrected chi connectivity index (χ1v) is 5.37. The van der Waals surface area contributed by atoms with Gasteiger partial charge in [0.05, 0.1) is 0 Å². The van der Waals surface area contributed by atoms with E-state index in [0.29, 0.717) is 12.2 Å². The lowest BCUT2D eigenvalue weighted by Gasteiger charge is -2.04. The highest BCUT2D eigenvalue weighted by atomic mass is 16.4. The molecule has 0 saturated heterocycles. The minimum atomic E-state index is -1.02. The van der Waals surface area contributed by atoms with Crippen LogP contribution in [0.1, 0.15) is 28.7 Å². The molecule has 0 aromatic carbocycles. The summed E-state index contributed by atoms with van der Waals surface area (Å²) in [7, 11) is 0. The zero-order valence-corrected chi connectivity index (χ0v) is 9.71. The van der Waals surface area contributed by atoms with Gasteiger partial charge in [0.2, 0.25) is 0 Å². The molecule has 0 aliphatic heterocycles. The van der Waals surface area contributed by atoms with Gasteiger partial charge in [0.15, 0.2) is 11.5 Å². The van der Waals surface area contributed by atoms with Crippen LogP contribution >= 0.6 is 0 Å². The Morgan fingerprint density at radius 1 is 1.47 bits per heavy atom. The van der Waals surface area contributed by atoms with Crippen molar-refractivity contribution in [3.63, 3.8) is 0 Å². The van der Waals surface area contributed by atoms with E-state index in [9.17, 15) is 4.79 Å². The molecular formula is C12H13N3O2. The SMILES string of the molecule is CCc1cc(C(=O)O)nn1-c1cc(C)ccn1. The Balaban J connectivity index is 2.54. The van der Waals surface area contributed by atoms with Gasteiger partial charge < -0.3 is 5.11 Å². The van der Waals surface area contributed by atoms with E-state index in [1.807, 2.05) is 26.0 Å². The Morgan fingerprint density at radius 3 is 2.82 bits per heavy atom. The molecule has 0 spiro atoms. The Kier molecular flexibility index (Phi) is 2.91. The molecule has 0 bridgehead atoms. The number of aromatic carboxylic acids is 1. The van der Waals surface area contributed by atoms with E-state index in [2.05, 4.69) is 10.1 Å². The molecule has 0 saturated carbocycles. The van der Waals surface area contributed by atoms with E-state index in [0.717, 1.165) is 11.3 Å². The third kappa shape index (κ3) is 2.18. The molecule has 0 fully saturated rings. The third-order valence-electron chi connectivity index (χ3n) is 2.48. The van der Waals surface area contributed by atoms with Crippen LogP contribution in [0, 0.1) is 6.92 Å². The van der Waals surface area contributed by atoms with E-state index in [-0.39, 0.29) is 5.69 Å². The third-order valence-corrected chi connectivity index (χ3v) is 2.48. The minimum Gasteiger partial charge on any atom is -0.476 e. The van der Waals surface area contributed by atoms with E-state index in [1.54, 1.807) is 16.9 Å². The molecule has 0 aliphatic carbocycles. The van der Waals surface area contributed by atoms with Gasteiger partial charge in [-0.3, -0.25) is 0 Å². The predicted molar refractivity (Wildman–Crippen MR) is 62.4 cm³/mol. The number of aromatic nitrogens is 3. The molecule has 0 amide bonds. The first kappa shape index (κ1) is 11.3. The van der Waals surface area contributed by atoms with Gasteiger partial charge in [0.25, 0.3) is 0 Å². The molecule has 0 unspecified atom stereocenters. The van der Waals surface area contributed by atoms with Crippen LogP contribution in [0.15, 0.2) is 24.4 Å². The zero-order chi connectivity index (χ0) is 12.4. The standard InChI is InChI=1S/C12H13N3O2/c1-3-9-7-10(12(16)17)14-15(9)11-6-8(2)4-5-13-11/h4-7H,3H2,1-2H3,(H,16,17). The number of rotatable bonds is 3. The maximum atomic E-state index is 10.9. The number of hydrogen-bond acceptors (Lipinski definition) is 3. The summed E-state index contributed by atoms with van der Waals surface area (Å²) in [6.45, 7) is 3.91. The molecule has 1 N–H and O–H groups in total. The molecule has 2 rings (SSSR count). The fourth-order valence-electron chi connectivity index (χ4n) is 1.61. The predicted octanol–water partition coefficient (Wildman–Crippen LogP) is 1.84.